The molecule has 2 N–H and O–H groups in total. The van der Waals surface area contributed by atoms with Gasteiger partial charge in [-0.1, -0.05) is 18.2 Å². The molecular formula is C16H14F2N2O. The molecule has 0 heterocycles. The van der Waals surface area contributed by atoms with E-state index in [1.54, 1.807) is 18.2 Å². The molecule has 0 radical (unpaired) electrons. The summed E-state index contributed by atoms with van der Waals surface area (Å²) in [5.74, 6) is -1.92. The number of nitrogens with zero attached hydrogens (tertiary/aromatic N) is 1. The Morgan fingerprint density at radius 1 is 1.14 bits per heavy atom. The van der Waals surface area contributed by atoms with Crippen LogP contribution >= 0.6 is 0 Å². The fourth-order valence-corrected chi connectivity index (χ4v) is 1.94. The SMILES string of the molecule is N#Cc1cccc(CNC[C@H](O)c2ccc(F)c(F)c2)c1. The molecule has 21 heavy (non-hydrogen) atoms. The minimum absolute atomic E-state index is 0.196. The lowest BCUT2D eigenvalue weighted by molar-refractivity contribution is 0.173. The summed E-state index contributed by atoms with van der Waals surface area (Å²) in [6.45, 7) is 0.665. The van der Waals surface area contributed by atoms with Crippen molar-refractivity contribution in [3.63, 3.8) is 0 Å². The van der Waals surface area contributed by atoms with Crippen LogP contribution in [0.1, 0.15) is 22.8 Å². The standard InChI is InChI=1S/C16H14F2N2O/c17-14-5-4-13(7-15(14)18)16(21)10-20-9-12-3-1-2-11(6-12)8-19/h1-7,16,20-21H,9-10H2/t16-/m0/s1. The number of aliphatic hydroxyl groups excluding tert-OH is 1. The van der Waals surface area contributed by atoms with Crippen LogP contribution in [-0.2, 0) is 6.54 Å². The van der Waals surface area contributed by atoms with Gasteiger partial charge >= 0.3 is 0 Å². The van der Waals surface area contributed by atoms with Gasteiger partial charge in [-0.3, -0.25) is 0 Å². The van der Waals surface area contributed by atoms with Crippen molar-refractivity contribution in [3.05, 3.63) is 70.8 Å². The molecule has 1 atom stereocenters. The molecule has 0 unspecified atom stereocenters. The number of hydrogen-bond donors (Lipinski definition) is 2. The van der Waals surface area contributed by atoms with Crippen LogP contribution in [0.3, 0.4) is 0 Å². The monoisotopic (exact) mass is 288 g/mol. The third kappa shape index (κ3) is 4.09. The second kappa shape index (κ2) is 6.93. The molecule has 0 aromatic heterocycles. The Hall–Kier alpha value is -2.29. The molecule has 5 heteroatoms. The Bertz CT molecular complexity index is 668. The van der Waals surface area contributed by atoms with Crippen molar-refractivity contribution in [2.75, 3.05) is 6.54 Å². The lowest BCUT2D eigenvalue weighted by Gasteiger charge is -2.12. The van der Waals surface area contributed by atoms with Gasteiger partial charge in [-0.05, 0) is 35.4 Å². The third-order valence-electron chi connectivity index (χ3n) is 3.05. The Balaban J connectivity index is 1.90. The van der Waals surface area contributed by atoms with Crippen molar-refractivity contribution >= 4 is 0 Å². The van der Waals surface area contributed by atoms with Crippen molar-refractivity contribution in [3.8, 4) is 6.07 Å². The van der Waals surface area contributed by atoms with E-state index in [4.69, 9.17) is 5.26 Å². The maximum Gasteiger partial charge on any atom is 0.159 e. The van der Waals surface area contributed by atoms with Gasteiger partial charge in [0.2, 0.25) is 0 Å². The van der Waals surface area contributed by atoms with Gasteiger partial charge in [0, 0.05) is 13.1 Å². The molecule has 0 spiro atoms. The van der Waals surface area contributed by atoms with E-state index in [2.05, 4.69) is 5.32 Å². The van der Waals surface area contributed by atoms with Gasteiger partial charge < -0.3 is 10.4 Å². The van der Waals surface area contributed by atoms with Crippen LogP contribution in [0.4, 0.5) is 8.78 Å². The van der Waals surface area contributed by atoms with Crippen molar-refractivity contribution in [2.24, 2.45) is 0 Å². The third-order valence-corrected chi connectivity index (χ3v) is 3.05. The Labute approximate surface area is 121 Å². The first-order valence-electron chi connectivity index (χ1n) is 6.43. The highest BCUT2D eigenvalue weighted by molar-refractivity contribution is 5.32. The summed E-state index contributed by atoms with van der Waals surface area (Å²) in [4.78, 5) is 0. The molecule has 2 rings (SSSR count). The van der Waals surface area contributed by atoms with E-state index in [1.807, 2.05) is 12.1 Å². The van der Waals surface area contributed by atoms with Gasteiger partial charge in [-0.25, -0.2) is 8.78 Å². The molecule has 0 aliphatic carbocycles. The van der Waals surface area contributed by atoms with Crippen LogP contribution in [0, 0.1) is 23.0 Å². The zero-order valence-corrected chi connectivity index (χ0v) is 11.2. The van der Waals surface area contributed by atoms with Gasteiger partial charge in [0.05, 0.1) is 17.7 Å². The molecule has 2 aromatic rings. The Kier molecular flexibility index (Phi) is 4.99. The number of nitriles is 1. The Morgan fingerprint density at radius 2 is 1.95 bits per heavy atom. The van der Waals surface area contributed by atoms with Crippen molar-refractivity contribution < 1.29 is 13.9 Å². The van der Waals surface area contributed by atoms with Gasteiger partial charge in [0.15, 0.2) is 11.6 Å². The quantitative estimate of drug-likeness (QED) is 0.889. The van der Waals surface area contributed by atoms with Crippen LogP contribution in [0.25, 0.3) is 0 Å². The number of hydrogen-bond acceptors (Lipinski definition) is 3. The van der Waals surface area contributed by atoms with E-state index in [1.165, 1.54) is 6.07 Å². The topological polar surface area (TPSA) is 56.0 Å². The fourth-order valence-electron chi connectivity index (χ4n) is 1.94. The Morgan fingerprint density at radius 3 is 2.67 bits per heavy atom. The molecule has 3 nitrogen and oxygen atoms in total. The van der Waals surface area contributed by atoms with Crippen molar-refractivity contribution in [1.82, 2.24) is 5.32 Å². The first-order chi connectivity index (χ1) is 10.1. The van der Waals surface area contributed by atoms with Gasteiger partial charge in [-0.15, -0.1) is 0 Å². The fraction of sp³-hybridized carbons (Fsp3) is 0.188. The van der Waals surface area contributed by atoms with Gasteiger partial charge in [0.25, 0.3) is 0 Å². The summed E-state index contributed by atoms with van der Waals surface area (Å²) in [6, 6.07) is 12.5. The number of rotatable bonds is 5. The van der Waals surface area contributed by atoms with E-state index in [0.717, 1.165) is 17.7 Å². The maximum absolute atomic E-state index is 13.1. The molecule has 0 aliphatic heterocycles. The molecule has 108 valence electrons. The van der Waals surface area contributed by atoms with Gasteiger partial charge in [-0.2, -0.15) is 5.26 Å². The number of nitrogens with one attached hydrogen (secondary N) is 1. The summed E-state index contributed by atoms with van der Waals surface area (Å²) in [6.07, 6.45) is -0.931. The molecule has 0 bridgehead atoms. The first kappa shape index (κ1) is 15.1. The van der Waals surface area contributed by atoms with Gasteiger partial charge in [0.1, 0.15) is 0 Å². The molecule has 0 aliphatic rings. The van der Waals surface area contributed by atoms with Crippen molar-refractivity contribution in [2.45, 2.75) is 12.6 Å². The van der Waals surface area contributed by atoms with E-state index < -0.39 is 17.7 Å². The summed E-state index contributed by atoms with van der Waals surface area (Å²) >= 11 is 0. The summed E-state index contributed by atoms with van der Waals surface area (Å²) in [5, 5.41) is 21.7. The highest BCUT2D eigenvalue weighted by Crippen LogP contribution is 2.15. The van der Waals surface area contributed by atoms with E-state index in [0.29, 0.717) is 17.7 Å². The average Bonchev–Trinajstić information content (AvgIpc) is 2.50. The van der Waals surface area contributed by atoms with Crippen LogP contribution in [0.5, 0.6) is 0 Å². The molecule has 0 amide bonds. The zero-order chi connectivity index (χ0) is 15.2. The largest absolute Gasteiger partial charge is 0.387 e. The van der Waals surface area contributed by atoms with Crippen LogP contribution in [0.2, 0.25) is 0 Å². The number of halogens is 2. The maximum atomic E-state index is 13.1. The van der Waals surface area contributed by atoms with Crippen LogP contribution in [0.15, 0.2) is 42.5 Å². The minimum Gasteiger partial charge on any atom is -0.387 e. The molecule has 0 saturated carbocycles. The van der Waals surface area contributed by atoms with E-state index >= 15 is 0 Å². The summed E-state index contributed by atoms with van der Waals surface area (Å²) in [5.41, 5.74) is 1.79. The second-order valence-corrected chi connectivity index (χ2v) is 4.63. The van der Waals surface area contributed by atoms with E-state index in [-0.39, 0.29) is 6.54 Å². The molecule has 0 fully saturated rings. The lowest BCUT2D eigenvalue weighted by atomic mass is 10.1. The van der Waals surface area contributed by atoms with Crippen molar-refractivity contribution in [1.29, 1.82) is 5.26 Å². The van der Waals surface area contributed by atoms with Crippen LogP contribution in [-0.4, -0.2) is 11.7 Å². The number of benzene rings is 2. The van der Waals surface area contributed by atoms with Crippen LogP contribution < -0.4 is 5.32 Å². The summed E-state index contributed by atoms with van der Waals surface area (Å²) in [7, 11) is 0. The highest BCUT2D eigenvalue weighted by Gasteiger charge is 2.10. The normalized spacial score (nSPS) is 11.9. The second-order valence-electron chi connectivity index (χ2n) is 4.63. The first-order valence-corrected chi connectivity index (χ1v) is 6.43. The predicted octanol–water partition coefficient (Wildman–Crippen LogP) is 2.66. The smallest absolute Gasteiger partial charge is 0.159 e. The molecule has 0 saturated heterocycles. The molecular weight excluding hydrogens is 274 g/mol. The zero-order valence-electron chi connectivity index (χ0n) is 11.2. The lowest BCUT2D eigenvalue weighted by Crippen LogP contribution is -2.21. The minimum atomic E-state index is -0.978. The molecule has 2 aromatic carbocycles. The predicted molar refractivity (Wildman–Crippen MR) is 74.2 cm³/mol. The number of aliphatic hydroxyl groups is 1. The highest BCUT2D eigenvalue weighted by atomic mass is 19.2. The average molecular weight is 288 g/mol. The van der Waals surface area contributed by atoms with E-state index in [9.17, 15) is 13.9 Å². The summed E-state index contributed by atoms with van der Waals surface area (Å²) < 4.78 is 25.9.